The van der Waals surface area contributed by atoms with Crippen LogP contribution in [0.5, 0.6) is 0 Å². The summed E-state index contributed by atoms with van der Waals surface area (Å²) in [6.45, 7) is 5.54. The van der Waals surface area contributed by atoms with Crippen molar-refractivity contribution in [2.45, 2.75) is 13.0 Å². The first-order chi connectivity index (χ1) is 7.81. The van der Waals surface area contributed by atoms with Gasteiger partial charge >= 0.3 is 0 Å². The van der Waals surface area contributed by atoms with Crippen LogP contribution in [0, 0.1) is 6.92 Å². The van der Waals surface area contributed by atoms with Crippen molar-refractivity contribution < 1.29 is 4.39 Å². The fourth-order valence-electron chi connectivity index (χ4n) is 2.27. The Hall–Kier alpha value is -0.930. The highest BCUT2D eigenvalue weighted by Gasteiger charge is 2.21. The maximum Gasteiger partial charge on any atom is 0.109 e. The van der Waals surface area contributed by atoms with Crippen molar-refractivity contribution >= 4 is 0 Å². The zero-order valence-corrected chi connectivity index (χ0v) is 9.75. The van der Waals surface area contributed by atoms with Gasteiger partial charge in [0.2, 0.25) is 0 Å². The molecule has 2 rings (SSSR count). The van der Waals surface area contributed by atoms with Crippen LogP contribution in [0.25, 0.3) is 0 Å². The SMILES string of the molecule is Cc1cccc([C@H](CF)N2CCNCC2)c1. The van der Waals surface area contributed by atoms with Crippen molar-refractivity contribution in [3.8, 4) is 0 Å². The van der Waals surface area contributed by atoms with E-state index in [1.807, 2.05) is 12.1 Å². The lowest BCUT2D eigenvalue weighted by Gasteiger charge is -2.33. The van der Waals surface area contributed by atoms with E-state index < -0.39 is 0 Å². The fraction of sp³-hybridized carbons (Fsp3) is 0.538. The molecule has 1 heterocycles. The van der Waals surface area contributed by atoms with E-state index in [0.29, 0.717) is 0 Å². The summed E-state index contributed by atoms with van der Waals surface area (Å²) >= 11 is 0. The lowest BCUT2D eigenvalue weighted by Crippen LogP contribution is -2.45. The minimum atomic E-state index is -0.302. The molecule has 0 amide bonds. The molecule has 0 spiro atoms. The number of nitrogens with zero attached hydrogens (tertiary/aromatic N) is 1. The van der Waals surface area contributed by atoms with Crippen molar-refractivity contribution in [2.24, 2.45) is 0 Å². The second-order valence-electron chi connectivity index (χ2n) is 4.37. The molecule has 1 atom stereocenters. The fourth-order valence-corrected chi connectivity index (χ4v) is 2.27. The van der Waals surface area contributed by atoms with Gasteiger partial charge < -0.3 is 5.32 Å². The molecule has 0 aliphatic carbocycles. The number of hydrogen-bond acceptors (Lipinski definition) is 2. The molecule has 2 nitrogen and oxygen atoms in total. The standard InChI is InChI=1S/C13H19FN2/c1-11-3-2-4-12(9-11)13(10-14)16-7-5-15-6-8-16/h2-4,9,13,15H,5-8,10H2,1H3/t13-/m0/s1. The summed E-state index contributed by atoms with van der Waals surface area (Å²) in [5, 5.41) is 3.29. The highest BCUT2D eigenvalue weighted by Crippen LogP contribution is 2.22. The van der Waals surface area contributed by atoms with E-state index in [1.54, 1.807) is 0 Å². The molecule has 1 aliphatic heterocycles. The molecule has 0 saturated carbocycles. The van der Waals surface area contributed by atoms with Gasteiger partial charge in [0.25, 0.3) is 0 Å². The molecule has 1 aromatic carbocycles. The number of alkyl halides is 1. The predicted molar refractivity (Wildman–Crippen MR) is 64.3 cm³/mol. The van der Waals surface area contributed by atoms with Crippen molar-refractivity contribution in [2.75, 3.05) is 32.9 Å². The highest BCUT2D eigenvalue weighted by atomic mass is 19.1. The van der Waals surface area contributed by atoms with Crippen LogP contribution in [0.2, 0.25) is 0 Å². The van der Waals surface area contributed by atoms with Gasteiger partial charge in [-0.2, -0.15) is 0 Å². The number of aryl methyl sites for hydroxylation is 1. The van der Waals surface area contributed by atoms with Crippen LogP contribution in [-0.4, -0.2) is 37.8 Å². The Bertz CT molecular complexity index is 334. The van der Waals surface area contributed by atoms with Gasteiger partial charge in [-0.15, -0.1) is 0 Å². The molecule has 0 radical (unpaired) electrons. The molecule has 1 fully saturated rings. The molecule has 0 bridgehead atoms. The number of hydrogen-bond donors (Lipinski definition) is 1. The van der Waals surface area contributed by atoms with Crippen LogP contribution in [0.3, 0.4) is 0 Å². The Balaban J connectivity index is 2.14. The van der Waals surface area contributed by atoms with Crippen LogP contribution < -0.4 is 5.32 Å². The summed E-state index contributed by atoms with van der Waals surface area (Å²) in [5.41, 5.74) is 2.30. The molecule has 0 unspecified atom stereocenters. The summed E-state index contributed by atoms with van der Waals surface area (Å²) < 4.78 is 13.2. The number of piperazine rings is 1. The normalized spacial score (nSPS) is 19.6. The van der Waals surface area contributed by atoms with E-state index in [1.165, 1.54) is 5.56 Å². The van der Waals surface area contributed by atoms with Gasteiger partial charge in [-0.05, 0) is 12.5 Å². The van der Waals surface area contributed by atoms with Crippen molar-refractivity contribution in [1.29, 1.82) is 0 Å². The van der Waals surface area contributed by atoms with E-state index in [0.717, 1.165) is 31.7 Å². The summed E-state index contributed by atoms with van der Waals surface area (Å²) in [7, 11) is 0. The van der Waals surface area contributed by atoms with Crippen LogP contribution in [0.4, 0.5) is 4.39 Å². The Morgan fingerprint density at radius 2 is 2.12 bits per heavy atom. The van der Waals surface area contributed by atoms with Crippen molar-refractivity contribution in [3.63, 3.8) is 0 Å². The third-order valence-corrected chi connectivity index (χ3v) is 3.17. The zero-order valence-electron chi connectivity index (χ0n) is 9.75. The number of nitrogens with one attached hydrogen (secondary N) is 1. The van der Waals surface area contributed by atoms with E-state index in [2.05, 4.69) is 29.3 Å². The first kappa shape index (κ1) is 11.6. The molecular weight excluding hydrogens is 203 g/mol. The largest absolute Gasteiger partial charge is 0.314 e. The topological polar surface area (TPSA) is 15.3 Å². The van der Waals surface area contributed by atoms with E-state index in [-0.39, 0.29) is 12.7 Å². The summed E-state index contributed by atoms with van der Waals surface area (Å²) in [6.07, 6.45) is 0. The lowest BCUT2D eigenvalue weighted by molar-refractivity contribution is 0.147. The maximum atomic E-state index is 13.2. The second kappa shape index (κ2) is 5.41. The van der Waals surface area contributed by atoms with E-state index in [4.69, 9.17) is 0 Å². The highest BCUT2D eigenvalue weighted by molar-refractivity contribution is 5.25. The van der Waals surface area contributed by atoms with Crippen molar-refractivity contribution in [3.05, 3.63) is 35.4 Å². The molecule has 16 heavy (non-hydrogen) atoms. The van der Waals surface area contributed by atoms with Gasteiger partial charge in [-0.1, -0.05) is 29.8 Å². The minimum absolute atomic E-state index is 0.0676. The molecule has 1 saturated heterocycles. The van der Waals surface area contributed by atoms with Crippen molar-refractivity contribution in [1.82, 2.24) is 10.2 Å². The van der Waals surface area contributed by atoms with E-state index >= 15 is 0 Å². The summed E-state index contributed by atoms with van der Waals surface area (Å²) in [5.74, 6) is 0. The van der Waals surface area contributed by atoms with Gasteiger partial charge in [0, 0.05) is 26.2 Å². The predicted octanol–water partition coefficient (Wildman–Crippen LogP) is 1.91. The average Bonchev–Trinajstić information content (AvgIpc) is 2.31. The molecule has 1 aromatic rings. The molecule has 1 aliphatic rings. The average molecular weight is 222 g/mol. The van der Waals surface area contributed by atoms with Gasteiger partial charge in [0.05, 0.1) is 6.04 Å². The number of halogens is 1. The summed E-state index contributed by atoms with van der Waals surface area (Å²) in [4.78, 5) is 2.23. The monoisotopic (exact) mass is 222 g/mol. The lowest BCUT2D eigenvalue weighted by atomic mass is 10.0. The smallest absolute Gasteiger partial charge is 0.109 e. The van der Waals surface area contributed by atoms with Crippen LogP contribution >= 0.6 is 0 Å². The zero-order chi connectivity index (χ0) is 11.4. The maximum absolute atomic E-state index is 13.2. The molecule has 3 heteroatoms. The first-order valence-electron chi connectivity index (χ1n) is 5.88. The van der Waals surface area contributed by atoms with Gasteiger partial charge in [0.1, 0.15) is 6.67 Å². The number of benzene rings is 1. The van der Waals surface area contributed by atoms with Gasteiger partial charge in [0.15, 0.2) is 0 Å². The minimum Gasteiger partial charge on any atom is -0.314 e. The first-order valence-corrected chi connectivity index (χ1v) is 5.88. The Kier molecular flexibility index (Phi) is 3.91. The third-order valence-electron chi connectivity index (χ3n) is 3.17. The molecule has 88 valence electrons. The quantitative estimate of drug-likeness (QED) is 0.840. The van der Waals surface area contributed by atoms with Gasteiger partial charge in [-0.25, -0.2) is 4.39 Å². The van der Waals surface area contributed by atoms with Crippen LogP contribution in [-0.2, 0) is 0 Å². The molecule has 1 N–H and O–H groups in total. The summed E-state index contributed by atoms with van der Waals surface area (Å²) in [6, 6.07) is 8.11. The van der Waals surface area contributed by atoms with Crippen LogP contribution in [0.15, 0.2) is 24.3 Å². The van der Waals surface area contributed by atoms with Crippen LogP contribution in [0.1, 0.15) is 17.2 Å². The molecule has 0 aromatic heterocycles. The second-order valence-corrected chi connectivity index (χ2v) is 4.37. The van der Waals surface area contributed by atoms with E-state index in [9.17, 15) is 4.39 Å². The Morgan fingerprint density at radius 3 is 2.75 bits per heavy atom. The Morgan fingerprint density at radius 1 is 1.38 bits per heavy atom. The van der Waals surface area contributed by atoms with Gasteiger partial charge in [-0.3, -0.25) is 4.90 Å². The Labute approximate surface area is 96.5 Å². The number of rotatable bonds is 3. The molecular formula is C13H19FN2. The third kappa shape index (κ3) is 2.60.